The van der Waals surface area contributed by atoms with Gasteiger partial charge in [0.1, 0.15) is 17.0 Å². The SMILES string of the molecule is CC(C)CNc1nc(N)c(C(=O)NCc2ncn(C)n2)s1. The van der Waals surface area contributed by atoms with Crippen LogP contribution in [0, 0.1) is 5.92 Å². The summed E-state index contributed by atoms with van der Waals surface area (Å²) in [5, 5.41) is 10.6. The first-order chi connectivity index (χ1) is 9.95. The number of carbonyl (C=O) groups is 1. The van der Waals surface area contributed by atoms with Crippen LogP contribution in [0.15, 0.2) is 6.33 Å². The van der Waals surface area contributed by atoms with Gasteiger partial charge in [-0.3, -0.25) is 9.48 Å². The number of anilines is 2. The molecule has 0 saturated heterocycles. The second-order valence-corrected chi connectivity index (χ2v) is 6.02. The molecule has 0 spiro atoms. The topological polar surface area (TPSA) is 111 Å². The van der Waals surface area contributed by atoms with Crippen LogP contribution in [-0.4, -0.2) is 32.2 Å². The van der Waals surface area contributed by atoms with Crippen molar-refractivity contribution in [3.63, 3.8) is 0 Å². The predicted molar refractivity (Wildman–Crippen MR) is 82.0 cm³/mol. The van der Waals surface area contributed by atoms with E-state index in [0.29, 0.717) is 21.8 Å². The first kappa shape index (κ1) is 15.2. The Balaban J connectivity index is 1.95. The smallest absolute Gasteiger partial charge is 0.265 e. The quantitative estimate of drug-likeness (QED) is 0.729. The van der Waals surface area contributed by atoms with Crippen LogP contribution < -0.4 is 16.4 Å². The maximum atomic E-state index is 12.1. The summed E-state index contributed by atoms with van der Waals surface area (Å²) < 4.78 is 1.58. The maximum absolute atomic E-state index is 12.1. The lowest BCUT2D eigenvalue weighted by Crippen LogP contribution is -2.23. The highest BCUT2D eigenvalue weighted by atomic mass is 32.1. The number of nitrogen functional groups attached to an aromatic ring is 1. The highest BCUT2D eigenvalue weighted by Gasteiger charge is 2.16. The second kappa shape index (κ2) is 6.53. The third-order valence-corrected chi connectivity index (χ3v) is 3.60. The van der Waals surface area contributed by atoms with Crippen LogP contribution in [0.1, 0.15) is 29.3 Å². The molecular formula is C12H19N7OS. The highest BCUT2D eigenvalue weighted by molar-refractivity contribution is 7.18. The molecule has 0 unspecified atom stereocenters. The van der Waals surface area contributed by atoms with E-state index < -0.39 is 0 Å². The number of rotatable bonds is 6. The number of nitrogens with zero attached hydrogens (tertiary/aromatic N) is 4. The maximum Gasteiger partial charge on any atom is 0.265 e. The number of amides is 1. The Morgan fingerprint density at radius 1 is 1.52 bits per heavy atom. The molecule has 4 N–H and O–H groups in total. The van der Waals surface area contributed by atoms with E-state index in [4.69, 9.17) is 5.73 Å². The van der Waals surface area contributed by atoms with Crippen LogP contribution in [-0.2, 0) is 13.6 Å². The lowest BCUT2D eigenvalue weighted by atomic mass is 10.2. The van der Waals surface area contributed by atoms with E-state index in [9.17, 15) is 4.79 Å². The number of hydrogen-bond donors (Lipinski definition) is 3. The number of hydrogen-bond acceptors (Lipinski definition) is 7. The van der Waals surface area contributed by atoms with E-state index in [2.05, 4.69) is 39.5 Å². The molecule has 0 bridgehead atoms. The van der Waals surface area contributed by atoms with E-state index >= 15 is 0 Å². The Labute approximate surface area is 126 Å². The Morgan fingerprint density at radius 2 is 2.29 bits per heavy atom. The fourth-order valence-electron chi connectivity index (χ4n) is 1.57. The Kier molecular flexibility index (Phi) is 4.73. The van der Waals surface area contributed by atoms with Gasteiger partial charge in [0.2, 0.25) is 0 Å². The zero-order valence-electron chi connectivity index (χ0n) is 12.3. The monoisotopic (exact) mass is 309 g/mol. The van der Waals surface area contributed by atoms with Crippen molar-refractivity contribution in [2.24, 2.45) is 13.0 Å². The molecule has 2 heterocycles. The second-order valence-electron chi connectivity index (χ2n) is 5.03. The Morgan fingerprint density at radius 3 is 2.90 bits per heavy atom. The standard InChI is InChI=1S/C12H19N7OS/c1-7(2)4-15-12-17-10(13)9(21-12)11(20)14-5-8-16-6-19(3)18-8/h6-7H,4-5,13H2,1-3H3,(H,14,20)(H,15,17). The van der Waals surface area contributed by atoms with Gasteiger partial charge in [0.25, 0.3) is 5.91 Å². The number of aromatic nitrogens is 4. The summed E-state index contributed by atoms with van der Waals surface area (Å²) in [7, 11) is 1.77. The van der Waals surface area contributed by atoms with E-state index in [-0.39, 0.29) is 18.3 Å². The van der Waals surface area contributed by atoms with Crippen LogP contribution in [0.2, 0.25) is 0 Å². The van der Waals surface area contributed by atoms with E-state index in [1.807, 2.05) is 0 Å². The molecule has 9 heteroatoms. The zero-order valence-corrected chi connectivity index (χ0v) is 13.1. The summed E-state index contributed by atoms with van der Waals surface area (Å²) in [6.45, 7) is 5.23. The largest absolute Gasteiger partial charge is 0.382 e. The molecular weight excluding hydrogens is 290 g/mol. The van der Waals surface area contributed by atoms with Gasteiger partial charge in [-0.2, -0.15) is 5.10 Å². The van der Waals surface area contributed by atoms with E-state index in [0.717, 1.165) is 6.54 Å². The lowest BCUT2D eigenvalue weighted by Gasteiger charge is -2.04. The van der Waals surface area contributed by atoms with Crippen molar-refractivity contribution >= 4 is 28.2 Å². The van der Waals surface area contributed by atoms with Crippen LogP contribution >= 0.6 is 11.3 Å². The molecule has 0 aliphatic carbocycles. The number of nitrogens with two attached hydrogens (primary N) is 1. The van der Waals surface area contributed by atoms with Gasteiger partial charge in [-0.15, -0.1) is 0 Å². The van der Waals surface area contributed by atoms with E-state index in [1.54, 1.807) is 18.1 Å². The molecule has 0 atom stereocenters. The zero-order chi connectivity index (χ0) is 15.4. The van der Waals surface area contributed by atoms with Gasteiger partial charge in [-0.25, -0.2) is 9.97 Å². The van der Waals surface area contributed by atoms with Crippen LogP contribution in [0.25, 0.3) is 0 Å². The van der Waals surface area contributed by atoms with Gasteiger partial charge in [-0.1, -0.05) is 25.2 Å². The molecule has 8 nitrogen and oxygen atoms in total. The first-order valence-electron chi connectivity index (χ1n) is 6.58. The normalized spacial score (nSPS) is 10.9. The summed E-state index contributed by atoms with van der Waals surface area (Å²) in [4.78, 5) is 20.7. The van der Waals surface area contributed by atoms with Crippen molar-refractivity contribution in [2.75, 3.05) is 17.6 Å². The summed E-state index contributed by atoms with van der Waals surface area (Å²) in [6, 6.07) is 0. The number of thiazole rings is 1. The van der Waals surface area contributed by atoms with Crippen molar-refractivity contribution in [3.8, 4) is 0 Å². The molecule has 2 aromatic rings. The minimum Gasteiger partial charge on any atom is -0.382 e. The molecule has 114 valence electrons. The van der Waals surface area contributed by atoms with Crippen molar-refractivity contribution in [1.29, 1.82) is 0 Å². The summed E-state index contributed by atoms with van der Waals surface area (Å²) in [5.41, 5.74) is 5.78. The number of aryl methyl sites for hydroxylation is 1. The van der Waals surface area contributed by atoms with Crippen molar-refractivity contribution in [3.05, 3.63) is 17.0 Å². The number of carbonyl (C=O) groups excluding carboxylic acids is 1. The average Bonchev–Trinajstić information content (AvgIpc) is 3.00. The van der Waals surface area contributed by atoms with Gasteiger partial charge in [0, 0.05) is 13.6 Å². The minimum atomic E-state index is -0.268. The average molecular weight is 309 g/mol. The molecule has 2 rings (SSSR count). The van der Waals surface area contributed by atoms with Crippen LogP contribution in [0.4, 0.5) is 10.9 Å². The fourth-order valence-corrected chi connectivity index (χ4v) is 2.37. The molecule has 0 aromatic carbocycles. The van der Waals surface area contributed by atoms with Crippen molar-refractivity contribution in [2.45, 2.75) is 20.4 Å². The molecule has 0 aliphatic rings. The Bertz CT molecular complexity index is 619. The number of nitrogens with one attached hydrogen (secondary N) is 2. The van der Waals surface area contributed by atoms with Gasteiger partial charge >= 0.3 is 0 Å². The molecule has 0 saturated carbocycles. The lowest BCUT2D eigenvalue weighted by molar-refractivity contribution is 0.0954. The molecule has 0 radical (unpaired) electrons. The predicted octanol–water partition coefficient (Wildman–Crippen LogP) is 0.852. The van der Waals surface area contributed by atoms with Gasteiger partial charge in [-0.05, 0) is 5.92 Å². The fraction of sp³-hybridized carbons (Fsp3) is 0.500. The molecule has 0 fully saturated rings. The first-order valence-corrected chi connectivity index (χ1v) is 7.40. The van der Waals surface area contributed by atoms with Gasteiger partial charge < -0.3 is 16.4 Å². The molecule has 1 amide bonds. The summed E-state index contributed by atoms with van der Waals surface area (Å²) >= 11 is 1.24. The third kappa shape index (κ3) is 4.15. The van der Waals surface area contributed by atoms with Crippen LogP contribution in [0.5, 0.6) is 0 Å². The van der Waals surface area contributed by atoms with Crippen molar-refractivity contribution in [1.82, 2.24) is 25.1 Å². The van der Waals surface area contributed by atoms with Crippen molar-refractivity contribution < 1.29 is 4.79 Å². The summed E-state index contributed by atoms with van der Waals surface area (Å²) in [6.07, 6.45) is 1.58. The molecule has 2 aromatic heterocycles. The Hall–Kier alpha value is -2.16. The van der Waals surface area contributed by atoms with Crippen LogP contribution in [0.3, 0.4) is 0 Å². The molecule has 21 heavy (non-hydrogen) atoms. The van der Waals surface area contributed by atoms with E-state index in [1.165, 1.54) is 11.3 Å². The summed E-state index contributed by atoms with van der Waals surface area (Å²) in [5.74, 6) is 1.00. The molecule has 0 aliphatic heterocycles. The van der Waals surface area contributed by atoms with Gasteiger partial charge in [0.15, 0.2) is 11.0 Å². The minimum absolute atomic E-state index is 0.234. The highest BCUT2D eigenvalue weighted by Crippen LogP contribution is 2.24. The van der Waals surface area contributed by atoms with Gasteiger partial charge in [0.05, 0.1) is 6.54 Å². The third-order valence-electron chi connectivity index (χ3n) is 2.58.